The third-order valence-electron chi connectivity index (χ3n) is 6.42. The molecule has 1 N–H and O–H groups in total. The summed E-state index contributed by atoms with van der Waals surface area (Å²) in [5, 5.41) is 8.36. The van der Waals surface area contributed by atoms with Gasteiger partial charge in [-0.15, -0.1) is 0 Å². The van der Waals surface area contributed by atoms with Crippen molar-refractivity contribution in [2.45, 2.75) is 45.3 Å². The molecule has 0 unspecified atom stereocenters. The molecule has 1 aliphatic heterocycles. The van der Waals surface area contributed by atoms with Crippen molar-refractivity contribution in [3.05, 3.63) is 73.6 Å². The number of ether oxygens (including phenoxy) is 2. The van der Waals surface area contributed by atoms with Crippen LogP contribution in [0.5, 0.6) is 11.5 Å². The van der Waals surface area contributed by atoms with Crippen LogP contribution in [0.1, 0.15) is 39.7 Å². The molecule has 3 heterocycles. The van der Waals surface area contributed by atoms with E-state index < -0.39 is 5.60 Å². The number of anilines is 1. The van der Waals surface area contributed by atoms with Gasteiger partial charge in [0.2, 0.25) is 5.91 Å². The van der Waals surface area contributed by atoms with Gasteiger partial charge in [-0.25, -0.2) is 19.4 Å². The molecule has 1 fully saturated rings. The SMILES string of the molecule is C=CC(=O)Nc1ncnc2c1c(-c1ccc(Oc3ccccc3)cc1)nn2[C@@H]1CCCN(C(=O)OC(C)(C)C)C1. The van der Waals surface area contributed by atoms with Crippen LogP contribution in [-0.2, 0) is 9.53 Å². The highest BCUT2D eigenvalue weighted by molar-refractivity contribution is 6.07. The highest BCUT2D eigenvalue weighted by Gasteiger charge is 2.31. The molecule has 10 nitrogen and oxygen atoms in total. The Bertz CT molecular complexity index is 1530. The lowest BCUT2D eigenvalue weighted by molar-refractivity contribution is -0.111. The lowest BCUT2D eigenvalue weighted by atomic mass is 10.1. The average Bonchev–Trinajstić information content (AvgIpc) is 3.34. The summed E-state index contributed by atoms with van der Waals surface area (Å²) in [4.78, 5) is 35.7. The van der Waals surface area contributed by atoms with Crippen LogP contribution in [0, 0.1) is 0 Å². The summed E-state index contributed by atoms with van der Waals surface area (Å²) >= 11 is 0. The highest BCUT2D eigenvalue weighted by atomic mass is 16.6. The van der Waals surface area contributed by atoms with Crippen LogP contribution in [-0.4, -0.2) is 55.3 Å². The maximum atomic E-state index is 12.8. The molecule has 5 rings (SSSR count). The van der Waals surface area contributed by atoms with Crippen molar-refractivity contribution in [2.24, 2.45) is 0 Å². The zero-order valence-corrected chi connectivity index (χ0v) is 22.8. The van der Waals surface area contributed by atoms with Gasteiger partial charge in [-0.2, -0.15) is 5.10 Å². The Morgan fingerprint density at radius 3 is 2.48 bits per heavy atom. The average molecular weight is 541 g/mol. The second-order valence-corrected chi connectivity index (χ2v) is 10.6. The minimum Gasteiger partial charge on any atom is -0.457 e. The van der Waals surface area contributed by atoms with E-state index in [0.29, 0.717) is 41.4 Å². The summed E-state index contributed by atoms with van der Waals surface area (Å²) in [6.45, 7) is 10.1. The van der Waals surface area contributed by atoms with Gasteiger partial charge in [0.25, 0.3) is 0 Å². The molecule has 2 amide bonds. The molecule has 0 spiro atoms. The fraction of sp³-hybridized carbons (Fsp3) is 0.300. The van der Waals surface area contributed by atoms with Gasteiger partial charge in [0, 0.05) is 18.7 Å². The Hall–Kier alpha value is -4.73. The van der Waals surface area contributed by atoms with Crippen LogP contribution in [0.15, 0.2) is 73.6 Å². The Morgan fingerprint density at radius 2 is 1.77 bits per heavy atom. The summed E-state index contributed by atoms with van der Waals surface area (Å²) in [6, 6.07) is 16.9. The minimum atomic E-state index is -0.586. The van der Waals surface area contributed by atoms with Gasteiger partial charge >= 0.3 is 6.09 Å². The number of carbonyl (C=O) groups is 2. The molecule has 0 radical (unpaired) electrons. The number of fused-ring (bicyclic) bond motifs is 1. The topological polar surface area (TPSA) is 111 Å². The van der Waals surface area contributed by atoms with E-state index in [-0.39, 0.29) is 18.0 Å². The minimum absolute atomic E-state index is 0.143. The number of rotatable bonds is 6. The molecule has 40 heavy (non-hydrogen) atoms. The van der Waals surface area contributed by atoms with Crippen LogP contribution in [0.4, 0.5) is 10.6 Å². The van der Waals surface area contributed by atoms with Crippen molar-refractivity contribution >= 4 is 28.9 Å². The molecule has 2 aromatic carbocycles. The number of likely N-dealkylation sites (tertiary alicyclic amines) is 1. The first-order chi connectivity index (χ1) is 19.2. The van der Waals surface area contributed by atoms with Crippen molar-refractivity contribution in [3.8, 4) is 22.8 Å². The predicted octanol–water partition coefficient (Wildman–Crippen LogP) is 5.98. The second-order valence-electron chi connectivity index (χ2n) is 10.6. The maximum Gasteiger partial charge on any atom is 0.410 e. The fourth-order valence-electron chi connectivity index (χ4n) is 4.64. The van der Waals surface area contributed by atoms with Gasteiger partial charge in [0.05, 0.1) is 11.4 Å². The van der Waals surface area contributed by atoms with E-state index in [0.717, 1.165) is 24.2 Å². The first-order valence-corrected chi connectivity index (χ1v) is 13.2. The van der Waals surface area contributed by atoms with E-state index in [2.05, 4.69) is 21.9 Å². The number of hydrogen-bond acceptors (Lipinski definition) is 7. The number of nitrogens with zero attached hydrogens (tertiary/aromatic N) is 5. The van der Waals surface area contributed by atoms with E-state index in [4.69, 9.17) is 14.6 Å². The van der Waals surface area contributed by atoms with Crippen molar-refractivity contribution < 1.29 is 19.1 Å². The van der Waals surface area contributed by atoms with E-state index in [1.54, 1.807) is 4.90 Å². The third kappa shape index (κ3) is 5.96. The normalized spacial score (nSPS) is 15.5. The molecule has 206 valence electrons. The van der Waals surface area contributed by atoms with Gasteiger partial charge in [-0.05, 0) is 76.1 Å². The number of aromatic nitrogens is 4. The summed E-state index contributed by atoms with van der Waals surface area (Å²) in [5.74, 6) is 1.36. The zero-order valence-electron chi connectivity index (χ0n) is 22.8. The lowest BCUT2D eigenvalue weighted by Crippen LogP contribution is -2.43. The van der Waals surface area contributed by atoms with Gasteiger partial charge in [-0.3, -0.25) is 4.79 Å². The van der Waals surface area contributed by atoms with E-state index in [9.17, 15) is 9.59 Å². The second kappa shape index (κ2) is 11.2. The van der Waals surface area contributed by atoms with Crippen molar-refractivity contribution in [1.82, 2.24) is 24.6 Å². The van der Waals surface area contributed by atoms with Crippen LogP contribution >= 0.6 is 0 Å². The Balaban J connectivity index is 1.52. The van der Waals surface area contributed by atoms with E-state index >= 15 is 0 Å². The molecule has 0 aliphatic carbocycles. The van der Waals surface area contributed by atoms with Gasteiger partial charge in [-0.1, -0.05) is 24.8 Å². The number of piperidine rings is 1. The molecule has 4 aromatic rings. The molecule has 0 bridgehead atoms. The smallest absolute Gasteiger partial charge is 0.410 e. The number of nitrogens with one attached hydrogen (secondary N) is 1. The van der Waals surface area contributed by atoms with Gasteiger partial charge in [0.1, 0.15) is 34.9 Å². The van der Waals surface area contributed by atoms with Crippen molar-refractivity contribution in [1.29, 1.82) is 0 Å². The first kappa shape index (κ1) is 26.9. The molecule has 2 aromatic heterocycles. The quantitative estimate of drug-likeness (QED) is 0.299. The van der Waals surface area contributed by atoms with Gasteiger partial charge in [0.15, 0.2) is 5.65 Å². The van der Waals surface area contributed by atoms with Crippen molar-refractivity contribution in [2.75, 3.05) is 18.4 Å². The van der Waals surface area contributed by atoms with E-state index in [1.807, 2.05) is 80.1 Å². The van der Waals surface area contributed by atoms with Crippen LogP contribution in [0.3, 0.4) is 0 Å². The van der Waals surface area contributed by atoms with Crippen LogP contribution < -0.4 is 10.1 Å². The predicted molar refractivity (Wildman–Crippen MR) is 152 cm³/mol. The summed E-state index contributed by atoms with van der Waals surface area (Å²) < 4.78 is 13.4. The molecule has 1 atom stereocenters. The highest BCUT2D eigenvalue weighted by Crippen LogP contribution is 2.36. The first-order valence-electron chi connectivity index (χ1n) is 13.2. The summed E-state index contributed by atoms with van der Waals surface area (Å²) in [6.07, 6.45) is 3.83. The fourth-order valence-corrected chi connectivity index (χ4v) is 4.64. The molecule has 0 saturated carbocycles. The molecule has 1 saturated heterocycles. The monoisotopic (exact) mass is 540 g/mol. The number of hydrogen-bond donors (Lipinski definition) is 1. The maximum absolute atomic E-state index is 12.8. The van der Waals surface area contributed by atoms with Crippen LogP contribution in [0.25, 0.3) is 22.3 Å². The van der Waals surface area contributed by atoms with Crippen LogP contribution in [0.2, 0.25) is 0 Å². The standard InChI is InChI=1S/C30H32N6O4/c1-5-24(37)33-27-25-26(20-13-15-23(16-14-20)39-22-11-7-6-8-12-22)34-36(28(25)32-19-31-27)21-10-9-17-35(18-21)29(38)40-30(2,3)4/h5-8,11-16,19,21H,1,9-10,17-18H2,2-4H3,(H,31,32,33,37)/t21-/m1/s1. The Morgan fingerprint density at radius 1 is 1.05 bits per heavy atom. The van der Waals surface area contributed by atoms with Crippen molar-refractivity contribution in [3.63, 3.8) is 0 Å². The Kier molecular flexibility index (Phi) is 7.50. The number of para-hydroxylation sites is 1. The molecule has 10 heteroatoms. The van der Waals surface area contributed by atoms with Gasteiger partial charge < -0.3 is 19.7 Å². The zero-order chi connectivity index (χ0) is 28.3. The Labute approximate surface area is 232 Å². The lowest BCUT2D eigenvalue weighted by Gasteiger charge is -2.34. The number of benzene rings is 2. The molecule has 1 aliphatic rings. The number of amides is 2. The third-order valence-corrected chi connectivity index (χ3v) is 6.42. The summed E-state index contributed by atoms with van der Waals surface area (Å²) in [7, 11) is 0. The molecular formula is C30H32N6O4. The molecular weight excluding hydrogens is 508 g/mol. The number of carbonyl (C=O) groups excluding carboxylic acids is 2. The largest absolute Gasteiger partial charge is 0.457 e. The summed E-state index contributed by atoms with van der Waals surface area (Å²) in [5.41, 5.74) is 1.38. The van der Waals surface area contributed by atoms with E-state index in [1.165, 1.54) is 12.4 Å².